The Morgan fingerprint density at radius 2 is 1.38 bits per heavy atom. The van der Waals surface area contributed by atoms with Gasteiger partial charge in [-0.15, -0.1) is 0 Å². The predicted octanol–water partition coefficient (Wildman–Crippen LogP) is 6.14. The number of rotatable bonds is 19. The van der Waals surface area contributed by atoms with E-state index < -0.39 is 0 Å². The molecule has 0 bridgehead atoms. The molecule has 29 heavy (non-hydrogen) atoms. The largest absolute Gasteiger partial charge is 0.469 e. The lowest BCUT2D eigenvalue weighted by Gasteiger charge is -2.20. The van der Waals surface area contributed by atoms with Crippen LogP contribution in [0.15, 0.2) is 0 Å². The highest BCUT2D eigenvalue weighted by Gasteiger charge is 2.03. The lowest BCUT2D eigenvalue weighted by molar-refractivity contribution is -0.140. The minimum absolute atomic E-state index is 0.0731. The number of nitrogens with zero attached hydrogens (tertiary/aromatic N) is 1. The Labute approximate surface area is 180 Å². The third-order valence-corrected chi connectivity index (χ3v) is 5.22. The summed E-state index contributed by atoms with van der Waals surface area (Å²) < 4.78 is 9.16. The average molecular weight is 416 g/mol. The molecule has 0 aliphatic carbocycles. The van der Waals surface area contributed by atoms with Gasteiger partial charge in [0.1, 0.15) is 0 Å². The summed E-state index contributed by atoms with van der Waals surface area (Å²) >= 11 is 0. The van der Waals surface area contributed by atoms with E-state index in [1.165, 1.54) is 84.5 Å². The molecule has 0 aliphatic rings. The second kappa shape index (κ2) is 24.9. The molecule has 174 valence electrons. The van der Waals surface area contributed by atoms with Gasteiger partial charge in [-0.1, -0.05) is 72.1 Å². The second-order valence-corrected chi connectivity index (χ2v) is 7.75. The molecule has 1 atom stereocenters. The average Bonchev–Trinajstić information content (AvgIpc) is 2.74. The van der Waals surface area contributed by atoms with Gasteiger partial charge in [-0.05, 0) is 52.2 Å². The maximum atomic E-state index is 11.0. The molecule has 0 saturated heterocycles. The number of esters is 1. The van der Waals surface area contributed by atoms with Crippen LogP contribution in [0.5, 0.6) is 0 Å². The summed E-state index contributed by atoms with van der Waals surface area (Å²) in [5.41, 5.74) is 0. The summed E-state index contributed by atoms with van der Waals surface area (Å²) in [6.07, 6.45) is 15.8. The normalized spacial score (nSPS) is 11.5. The van der Waals surface area contributed by atoms with Gasteiger partial charge >= 0.3 is 5.97 Å². The van der Waals surface area contributed by atoms with Gasteiger partial charge in [0, 0.05) is 6.42 Å². The molecule has 0 heterocycles. The summed E-state index contributed by atoms with van der Waals surface area (Å²) in [6.45, 7) is 12.5. The quantitative estimate of drug-likeness (QED) is 0.144. The smallest absolute Gasteiger partial charge is 0.305 e. The summed E-state index contributed by atoms with van der Waals surface area (Å²) in [6, 6.07) is 0. The van der Waals surface area contributed by atoms with Gasteiger partial charge in [0.2, 0.25) is 0 Å². The molecular formula is C24H49NO4. The highest BCUT2D eigenvalue weighted by atomic mass is 16.5. The van der Waals surface area contributed by atoms with Crippen molar-refractivity contribution in [3.8, 4) is 0 Å². The number of ether oxygens (including phenoxy) is 2. The Morgan fingerprint density at radius 1 is 0.862 bits per heavy atom. The second-order valence-electron chi connectivity index (χ2n) is 7.75. The minimum atomic E-state index is -0.0731. The first kappa shape index (κ1) is 30.1. The zero-order valence-electron chi connectivity index (χ0n) is 20.0. The van der Waals surface area contributed by atoms with Crippen LogP contribution in [0.2, 0.25) is 0 Å². The number of hydrogen-bond donors (Lipinski definition) is 0. The lowest BCUT2D eigenvalue weighted by atomic mass is 10.1. The molecule has 0 amide bonds. The van der Waals surface area contributed by atoms with Crippen LogP contribution in [0, 0.1) is 0 Å². The van der Waals surface area contributed by atoms with Crippen LogP contribution in [-0.4, -0.2) is 50.2 Å². The fraction of sp³-hybridized carbons (Fsp3) is 0.917. The zero-order valence-corrected chi connectivity index (χ0v) is 20.0. The summed E-state index contributed by atoms with van der Waals surface area (Å²) in [5.74, 6) is -0.0731. The maximum absolute atomic E-state index is 11.0. The highest BCUT2D eigenvalue weighted by Crippen LogP contribution is 2.09. The van der Waals surface area contributed by atoms with Crippen molar-refractivity contribution in [2.24, 2.45) is 0 Å². The fourth-order valence-corrected chi connectivity index (χ4v) is 2.97. The van der Waals surface area contributed by atoms with Crippen LogP contribution in [0.25, 0.3) is 0 Å². The van der Waals surface area contributed by atoms with Crippen LogP contribution in [0.3, 0.4) is 0 Å². The van der Waals surface area contributed by atoms with E-state index in [1.54, 1.807) is 0 Å². The molecule has 5 heteroatoms. The van der Waals surface area contributed by atoms with Crippen molar-refractivity contribution in [1.29, 1.82) is 0 Å². The van der Waals surface area contributed by atoms with Crippen molar-refractivity contribution in [3.05, 3.63) is 0 Å². The van der Waals surface area contributed by atoms with E-state index in [-0.39, 0.29) is 12.1 Å². The van der Waals surface area contributed by atoms with E-state index in [2.05, 4.69) is 28.2 Å². The summed E-state index contributed by atoms with van der Waals surface area (Å²) in [7, 11) is 1.46. The Kier molecular flexibility index (Phi) is 25.9. The van der Waals surface area contributed by atoms with Gasteiger partial charge in [-0.25, -0.2) is 0 Å². The zero-order chi connectivity index (χ0) is 22.2. The first-order chi connectivity index (χ1) is 14.0. The first-order valence-electron chi connectivity index (χ1n) is 11.9. The van der Waals surface area contributed by atoms with Gasteiger partial charge in [-0.2, -0.15) is 0 Å². The van der Waals surface area contributed by atoms with Gasteiger partial charge in [0.15, 0.2) is 0 Å². The number of unbranched alkanes of at least 4 members (excludes halogenated alkanes) is 9. The Morgan fingerprint density at radius 3 is 1.79 bits per heavy atom. The summed E-state index contributed by atoms with van der Waals surface area (Å²) in [4.78, 5) is 23.1. The van der Waals surface area contributed by atoms with Crippen molar-refractivity contribution >= 4 is 12.4 Å². The molecule has 0 aromatic carbocycles. The molecule has 0 saturated carbocycles. The third kappa shape index (κ3) is 24.9. The van der Waals surface area contributed by atoms with Gasteiger partial charge in [-0.3, -0.25) is 9.59 Å². The minimum Gasteiger partial charge on any atom is -0.469 e. The Balaban J connectivity index is 0. The molecule has 0 rings (SSSR count). The fourth-order valence-electron chi connectivity index (χ4n) is 2.97. The van der Waals surface area contributed by atoms with Crippen molar-refractivity contribution in [3.63, 3.8) is 0 Å². The lowest BCUT2D eigenvalue weighted by Crippen LogP contribution is -2.25. The molecule has 1 unspecified atom stereocenters. The van der Waals surface area contributed by atoms with Gasteiger partial charge in [0.25, 0.3) is 6.47 Å². The standard InChI is InChI=1S/C19H39NO2.C5H10O2/c1-4-6-7-8-11-14-17-20(5-2)18-15-12-9-10-13-16-19(21)22-3;1-3-5(2)7-4-6/h4-18H2,1-3H3;4-5H,3H2,1-2H3. The Bertz CT molecular complexity index is 350. The highest BCUT2D eigenvalue weighted by molar-refractivity contribution is 5.68. The molecule has 0 aromatic heterocycles. The summed E-state index contributed by atoms with van der Waals surface area (Å²) in [5, 5.41) is 0. The molecule has 0 aromatic rings. The first-order valence-corrected chi connectivity index (χ1v) is 11.9. The van der Waals surface area contributed by atoms with Crippen LogP contribution in [-0.2, 0) is 19.1 Å². The number of carbonyl (C=O) groups is 2. The molecule has 5 nitrogen and oxygen atoms in total. The van der Waals surface area contributed by atoms with E-state index in [0.29, 0.717) is 12.9 Å². The van der Waals surface area contributed by atoms with E-state index in [1.807, 2.05) is 13.8 Å². The van der Waals surface area contributed by atoms with Crippen molar-refractivity contribution in [2.75, 3.05) is 26.7 Å². The monoisotopic (exact) mass is 415 g/mol. The molecule has 0 N–H and O–H groups in total. The Hall–Kier alpha value is -1.10. The molecular weight excluding hydrogens is 366 g/mol. The number of methoxy groups -OCH3 is 1. The molecule has 0 fully saturated rings. The van der Waals surface area contributed by atoms with Crippen LogP contribution in [0.4, 0.5) is 0 Å². The molecule has 0 aliphatic heterocycles. The topological polar surface area (TPSA) is 55.8 Å². The van der Waals surface area contributed by atoms with Crippen molar-refractivity contribution in [2.45, 2.75) is 117 Å². The third-order valence-electron chi connectivity index (χ3n) is 5.22. The van der Waals surface area contributed by atoms with E-state index in [4.69, 9.17) is 0 Å². The van der Waals surface area contributed by atoms with Crippen LogP contribution in [0.1, 0.15) is 111 Å². The van der Waals surface area contributed by atoms with Gasteiger partial charge in [0.05, 0.1) is 13.2 Å². The van der Waals surface area contributed by atoms with E-state index in [9.17, 15) is 9.59 Å². The van der Waals surface area contributed by atoms with Crippen LogP contribution >= 0.6 is 0 Å². The van der Waals surface area contributed by atoms with Crippen LogP contribution < -0.4 is 0 Å². The number of carbonyl (C=O) groups excluding carboxylic acids is 2. The van der Waals surface area contributed by atoms with Crippen molar-refractivity contribution in [1.82, 2.24) is 4.90 Å². The van der Waals surface area contributed by atoms with Crippen molar-refractivity contribution < 1.29 is 19.1 Å². The van der Waals surface area contributed by atoms with E-state index >= 15 is 0 Å². The predicted molar refractivity (Wildman–Crippen MR) is 122 cm³/mol. The number of hydrogen-bond acceptors (Lipinski definition) is 5. The van der Waals surface area contributed by atoms with Gasteiger partial charge < -0.3 is 14.4 Å². The molecule has 0 spiro atoms. The maximum Gasteiger partial charge on any atom is 0.305 e. The molecule has 0 radical (unpaired) electrons. The SMILES string of the molecule is CCC(C)OC=O.CCCCCCCCN(CC)CCCCCCCC(=O)OC. The van der Waals surface area contributed by atoms with E-state index in [0.717, 1.165) is 19.3 Å².